The average molecular weight is 517 g/mol. The van der Waals surface area contributed by atoms with Crippen molar-refractivity contribution in [2.24, 2.45) is 0 Å². The van der Waals surface area contributed by atoms with Crippen LogP contribution in [0.3, 0.4) is 0 Å². The largest absolute Gasteiger partial charge is 0.476 e. The minimum Gasteiger partial charge on any atom is -0.476 e. The number of anilines is 1. The van der Waals surface area contributed by atoms with Gasteiger partial charge in [-0.3, -0.25) is 9.59 Å². The first-order chi connectivity index (χ1) is 16.7. The first-order valence-electron chi connectivity index (χ1n) is 12.2. The van der Waals surface area contributed by atoms with Crippen LogP contribution in [-0.4, -0.2) is 46.6 Å². The van der Waals surface area contributed by atoms with E-state index < -0.39 is 5.60 Å². The molecule has 3 aliphatic rings. The summed E-state index contributed by atoms with van der Waals surface area (Å²) >= 11 is 12.3. The SMILES string of the molecule is CC(C)(Oc1cc(Cl)ccc1Cl)C(=O)NC1CC2CCC(C1)N2c1ccc(C(=O)NC2CC2)cn1. The number of amides is 2. The first kappa shape index (κ1) is 24.2. The van der Waals surface area contributed by atoms with Crippen molar-refractivity contribution >= 4 is 40.8 Å². The van der Waals surface area contributed by atoms with Gasteiger partial charge >= 0.3 is 0 Å². The Bertz CT molecular complexity index is 1110. The van der Waals surface area contributed by atoms with Crippen LogP contribution in [0.25, 0.3) is 0 Å². The summed E-state index contributed by atoms with van der Waals surface area (Å²) in [5.74, 6) is 1.04. The van der Waals surface area contributed by atoms with Crippen molar-refractivity contribution in [3.05, 3.63) is 52.1 Å². The van der Waals surface area contributed by atoms with Crippen LogP contribution < -0.4 is 20.3 Å². The van der Waals surface area contributed by atoms with Crippen molar-refractivity contribution in [1.29, 1.82) is 0 Å². The Morgan fingerprint density at radius 1 is 1.00 bits per heavy atom. The minimum absolute atomic E-state index is 0.0533. The van der Waals surface area contributed by atoms with Crippen LogP contribution in [0, 0.1) is 0 Å². The molecule has 1 saturated carbocycles. The molecule has 1 aromatic heterocycles. The Morgan fingerprint density at radius 3 is 2.34 bits per heavy atom. The molecular formula is C26H30Cl2N4O3. The standard InChI is InChI=1S/C26H30Cl2N4O3/c1-26(2,35-22-11-16(27)4-9-21(22)28)25(34)31-18-12-19-7-8-20(13-18)32(19)23-10-3-15(14-29-23)24(33)30-17-5-6-17/h3-4,9-11,14,17-20H,5-8,12-13H2,1-2H3,(H,30,33)(H,31,34). The van der Waals surface area contributed by atoms with Gasteiger partial charge in [0.1, 0.15) is 11.6 Å². The van der Waals surface area contributed by atoms with Crippen LogP contribution in [-0.2, 0) is 4.79 Å². The number of hydrogen-bond donors (Lipinski definition) is 2. The lowest BCUT2D eigenvalue weighted by atomic mass is 9.96. The smallest absolute Gasteiger partial charge is 0.263 e. The summed E-state index contributed by atoms with van der Waals surface area (Å²) in [5, 5.41) is 7.10. The highest BCUT2D eigenvalue weighted by Gasteiger charge is 2.43. The zero-order valence-corrected chi connectivity index (χ0v) is 21.4. The van der Waals surface area contributed by atoms with Crippen LogP contribution in [0.15, 0.2) is 36.5 Å². The molecular weight excluding hydrogens is 487 g/mol. The number of rotatable bonds is 7. The summed E-state index contributed by atoms with van der Waals surface area (Å²) in [6.45, 7) is 3.46. The van der Waals surface area contributed by atoms with Crippen LogP contribution in [0.4, 0.5) is 5.82 Å². The van der Waals surface area contributed by atoms with Crippen LogP contribution >= 0.6 is 23.2 Å². The maximum absolute atomic E-state index is 13.1. The van der Waals surface area contributed by atoms with E-state index in [2.05, 4.69) is 20.5 Å². The summed E-state index contributed by atoms with van der Waals surface area (Å²) in [4.78, 5) is 32.4. The first-order valence-corrected chi connectivity index (χ1v) is 13.0. The van der Waals surface area contributed by atoms with Gasteiger partial charge in [-0.2, -0.15) is 0 Å². The maximum atomic E-state index is 13.1. The topological polar surface area (TPSA) is 83.6 Å². The number of nitrogens with zero attached hydrogens (tertiary/aromatic N) is 2. The quantitative estimate of drug-likeness (QED) is 0.554. The lowest BCUT2D eigenvalue weighted by molar-refractivity contribution is -0.135. The number of aromatic nitrogens is 1. The van der Waals surface area contributed by atoms with Crippen molar-refractivity contribution in [3.63, 3.8) is 0 Å². The number of carbonyl (C=O) groups is 2. The Hall–Kier alpha value is -2.51. The molecule has 2 aromatic rings. The molecule has 5 rings (SSSR count). The van der Waals surface area contributed by atoms with E-state index in [0.717, 1.165) is 44.3 Å². The van der Waals surface area contributed by atoms with Gasteiger partial charge in [0.2, 0.25) is 0 Å². The van der Waals surface area contributed by atoms with Gasteiger partial charge in [0.15, 0.2) is 5.60 Å². The molecule has 9 heteroatoms. The van der Waals surface area contributed by atoms with Crippen molar-refractivity contribution in [2.45, 2.75) is 82.1 Å². The molecule has 3 fully saturated rings. The van der Waals surface area contributed by atoms with E-state index in [1.54, 1.807) is 38.2 Å². The molecule has 1 aromatic carbocycles. The molecule has 3 heterocycles. The normalized spacial score (nSPS) is 23.7. The maximum Gasteiger partial charge on any atom is 0.263 e. The third kappa shape index (κ3) is 5.36. The second-order valence-electron chi connectivity index (χ2n) is 10.3. The average Bonchev–Trinajstić information content (AvgIpc) is 3.59. The monoisotopic (exact) mass is 516 g/mol. The highest BCUT2D eigenvalue weighted by Crippen LogP contribution is 2.39. The van der Waals surface area contributed by atoms with Crippen molar-refractivity contribution < 1.29 is 14.3 Å². The zero-order valence-electron chi connectivity index (χ0n) is 19.9. The minimum atomic E-state index is -1.11. The number of hydrogen-bond acceptors (Lipinski definition) is 5. The number of nitrogens with one attached hydrogen (secondary N) is 2. The van der Waals surface area contributed by atoms with E-state index in [9.17, 15) is 9.59 Å². The number of ether oxygens (including phenoxy) is 1. The fourth-order valence-corrected chi connectivity index (χ4v) is 5.39. The third-order valence-electron chi connectivity index (χ3n) is 7.06. The lowest BCUT2D eigenvalue weighted by Crippen LogP contribution is -2.55. The molecule has 2 N–H and O–H groups in total. The van der Waals surface area contributed by atoms with Crippen molar-refractivity contribution in [3.8, 4) is 5.75 Å². The predicted molar refractivity (Wildman–Crippen MR) is 136 cm³/mol. The van der Waals surface area contributed by atoms with Gasteiger partial charge in [-0.1, -0.05) is 23.2 Å². The van der Waals surface area contributed by atoms with Gasteiger partial charge in [0.25, 0.3) is 11.8 Å². The van der Waals surface area contributed by atoms with E-state index >= 15 is 0 Å². The zero-order chi connectivity index (χ0) is 24.7. The van der Waals surface area contributed by atoms with E-state index in [0.29, 0.717) is 39.5 Å². The second-order valence-corrected chi connectivity index (χ2v) is 11.1. The van der Waals surface area contributed by atoms with E-state index in [1.807, 2.05) is 12.1 Å². The van der Waals surface area contributed by atoms with Gasteiger partial charge < -0.3 is 20.3 Å². The lowest BCUT2D eigenvalue weighted by Gasteiger charge is -2.40. The van der Waals surface area contributed by atoms with Gasteiger partial charge in [-0.05, 0) is 76.6 Å². The van der Waals surface area contributed by atoms with Crippen molar-refractivity contribution in [2.75, 3.05) is 4.90 Å². The number of carbonyl (C=O) groups excluding carboxylic acids is 2. The van der Waals surface area contributed by atoms with Crippen LogP contribution in [0.2, 0.25) is 10.0 Å². The number of piperidine rings is 1. The van der Waals surface area contributed by atoms with Gasteiger partial charge in [-0.25, -0.2) is 4.98 Å². The van der Waals surface area contributed by atoms with Gasteiger partial charge in [0, 0.05) is 41.5 Å². The Morgan fingerprint density at radius 2 is 1.71 bits per heavy atom. The molecule has 0 spiro atoms. The molecule has 35 heavy (non-hydrogen) atoms. The molecule has 2 aliphatic heterocycles. The van der Waals surface area contributed by atoms with Gasteiger partial charge in [-0.15, -0.1) is 0 Å². The Balaban J connectivity index is 1.20. The molecule has 0 radical (unpaired) electrons. The molecule has 2 saturated heterocycles. The second kappa shape index (κ2) is 9.51. The molecule has 1 aliphatic carbocycles. The number of halogens is 2. The molecule has 2 atom stereocenters. The molecule has 2 unspecified atom stereocenters. The summed E-state index contributed by atoms with van der Waals surface area (Å²) in [7, 11) is 0. The third-order valence-corrected chi connectivity index (χ3v) is 7.61. The summed E-state index contributed by atoms with van der Waals surface area (Å²) < 4.78 is 5.95. The number of benzene rings is 1. The van der Waals surface area contributed by atoms with E-state index in [1.165, 1.54) is 0 Å². The predicted octanol–water partition coefficient (Wildman–Crippen LogP) is 4.75. The highest BCUT2D eigenvalue weighted by molar-refractivity contribution is 6.34. The molecule has 186 valence electrons. The van der Waals surface area contributed by atoms with Gasteiger partial charge in [0.05, 0.1) is 10.6 Å². The van der Waals surface area contributed by atoms with Crippen LogP contribution in [0.5, 0.6) is 5.75 Å². The summed E-state index contributed by atoms with van der Waals surface area (Å²) in [5.41, 5.74) is -0.514. The molecule has 7 nitrogen and oxygen atoms in total. The van der Waals surface area contributed by atoms with E-state index in [-0.39, 0.29) is 17.9 Å². The summed E-state index contributed by atoms with van der Waals surface area (Å²) in [6.07, 6.45) is 7.57. The van der Waals surface area contributed by atoms with E-state index in [4.69, 9.17) is 27.9 Å². The fourth-order valence-electron chi connectivity index (χ4n) is 5.07. The van der Waals surface area contributed by atoms with Crippen LogP contribution in [0.1, 0.15) is 62.7 Å². The number of pyridine rings is 1. The highest BCUT2D eigenvalue weighted by atomic mass is 35.5. The van der Waals surface area contributed by atoms with Crippen molar-refractivity contribution in [1.82, 2.24) is 15.6 Å². The Kier molecular flexibility index (Phi) is 6.57. The Labute approximate surface area is 215 Å². The molecule has 2 amide bonds. The molecule has 2 bridgehead atoms. The number of fused-ring (bicyclic) bond motifs is 2. The summed E-state index contributed by atoms with van der Waals surface area (Å²) in [6, 6.07) is 9.72. The fraction of sp³-hybridized carbons (Fsp3) is 0.500.